The van der Waals surface area contributed by atoms with Gasteiger partial charge in [-0.2, -0.15) is 14.6 Å². The molecule has 0 aliphatic carbocycles. The highest BCUT2D eigenvalue weighted by atomic mass is 19.1. The number of aryl methyl sites for hydroxylation is 1. The minimum absolute atomic E-state index is 0.0134. The molecule has 6 heterocycles. The molecule has 5 aromatic rings. The van der Waals surface area contributed by atoms with Crippen LogP contribution in [0.25, 0.3) is 28.1 Å². The number of ether oxygens (including phenoxy) is 1. The third-order valence-corrected chi connectivity index (χ3v) is 10.4. The number of hydrogen-bond donors (Lipinski definition) is 0. The van der Waals surface area contributed by atoms with Crippen molar-refractivity contribution in [3.05, 3.63) is 89.5 Å². The van der Waals surface area contributed by atoms with Gasteiger partial charge in [-0.15, -0.1) is 0 Å². The van der Waals surface area contributed by atoms with E-state index < -0.39 is 12.1 Å². The first-order valence-corrected chi connectivity index (χ1v) is 17.9. The molecule has 7 rings (SSSR count). The summed E-state index contributed by atoms with van der Waals surface area (Å²) in [6.07, 6.45) is 5.54. The number of para-hydroxylation sites is 1. The van der Waals surface area contributed by atoms with Crippen LogP contribution in [0.15, 0.2) is 60.9 Å². The van der Waals surface area contributed by atoms with Crippen LogP contribution in [0.2, 0.25) is 0 Å². The zero-order valence-corrected chi connectivity index (χ0v) is 30.2. The summed E-state index contributed by atoms with van der Waals surface area (Å²) in [5, 5.41) is 6.82. The SMILES string of the molecule is COCCN1C[C@@H](CC(=O)Cc2c(C)c(-c3cnc4c(c3)nc(C(=O)CC3CCN(C)CC3)n4C)nn2-c2ccccc2)[C@H](c2ccnc(F)c2)O1. The monoisotopic (exact) mass is 708 g/mol. The van der Waals surface area contributed by atoms with E-state index in [-0.39, 0.29) is 30.3 Å². The average molecular weight is 709 g/mol. The van der Waals surface area contributed by atoms with E-state index in [9.17, 15) is 14.0 Å². The van der Waals surface area contributed by atoms with Crippen LogP contribution < -0.4 is 0 Å². The lowest BCUT2D eigenvalue weighted by atomic mass is 9.91. The summed E-state index contributed by atoms with van der Waals surface area (Å²) < 4.78 is 23.0. The Kier molecular flexibility index (Phi) is 10.6. The molecule has 2 aliphatic rings. The molecule has 2 saturated heterocycles. The van der Waals surface area contributed by atoms with E-state index in [2.05, 4.69) is 16.9 Å². The second-order valence-electron chi connectivity index (χ2n) is 14.1. The molecule has 52 heavy (non-hydrogen) atoms. The Morgan fingerprint density at radius 1 is 1.04 bits per heavy atom. The molecule has 0 unspecified atom stereocenters. The fourth-order valence-electron chi connectivity index (χ4n) is 7.50. The number of piperidine rings is 1. The number of carbonyl (C=O) groups is 2. The Hall–Kier alpha value is -4.69. The van der Waals surface area contributed by atoms with Crippen molar-refractivity contribution >= 4 is 22.7 Å². The van der Waals surface area contributed by atoms with Crippen LogP contribution in [0.1, 0.15) is 59.2 Å². The van der Waals surface area contributed by atoms with Gasteiger partial charge in [-0.25, -0.2) is 19.6 Å². The zero-order valence-electron chi connectivity index (χ0n) is 30.2. The number of aromatic nitrogens is 6. The number of likely N-dealkylation sites (tertiary alicyclic amines) is 1. The van der Waals surface area contributed by atoms with Gasteiger partial charge in [0.25, 0.3) is 0 Å². The predicted molar refractivity (Wildman–Crippen MR) is 193 cm³/mol. The van der Waals surface area contributed by atoms with Gasteiger partial charge in [0.1, 0.15) is 17.4 Å². The van der Waals surface area contributed by atoms with Crippen LogP contribution >= 0.6 is 0 Å². The summed E-state index contributed by atoms with van der Waals surface area (Å²) in [5.41, 5.74) is 5.77. The smallest absolute Gasteiger partial charge is 0.213 e. The third-order valence-electron chi connectivity index (χ3n) is 10.4. The van der Waals surface area contributed by atoms with Crippen molar-refractivity contribution < 1.29 is 23.6 Å². The Bertz CT molecular complexity index is 2060. The van der Waals surface area contributed by atoms with Gasteiger partial charge in [0.2, 0.25) is 5.95 Å². The number of fused-ring (bicyclic) bond motifs is 1. The Balaban J connectivity index is 1.16. The first-order chi connectivity index (χ1) is 25.2. The molecule has 272 valence electrons. The molecular formula is C39H45FN8O4. The maximum Gasteiger partial charge on any atom is 0.213 e. The number of carbonyl (C=O) groups excluding carboxylic acids is 2. The summed E-state index contributed by atoms with van der Waals surface area (Å²) in [7, 11) is 5.58. The lowest BCUT2D eigenvalue weighted by Gasteiger charge is -2.28. The fraction of sp³-hybridized carbons (Fsp3) is 0.436. The zero-order chi connectivity index (χ0) is 36.4. The van der Waals surface area contributed by atoms with Crippen LogP contribution in [-0.4, -0.2) is 97.8 Å². The van der Waals surface area contributed by atoms with Gasteiger partial charge in [-0.05, 0) is 87.3 Å². The van der Waals surface area contributed by atoms with E-state index in [1.54, 1.807) is 29.0 Å². The molecule has 2 fully saturated rings. The Labute approximate surface area is 302 Å². The van der Waals surface area contributed by atoms with E-state index in [1.807, 2.05) is 55.1 Å². The van der Waals surface area contributed by atoms with E-state index in [0.717, 1.165) is 48.4 Å². The van der Waals surface area contributed by atoms with Crippen LogP contribution in [0.4, 0.5) is 4.39 Å². The van der Waals surface area contributed by atoms with E-state index in [4.69, 9.17) is 24.6 Å². The van der Waals surface area contributed by atoms with Crippen LogP contribution in [0, 0.1) is 24.7 Å². The molecule has 2 aliphatic heterocycles. The van der Waals surface area contributed by atoms with Crippen LogP contribution in [-0.2, 0) is 27.8 Å². The lowest BCUT2D eigenvalue weighted by molar-refractivity contribution is -0.155. The largest absolute Gasteiger partial charge is 0.383 e. The van der Waals surface area contributed by atoms with Gasteiger partial charge in [0.15, 0.2) is 17.3 Å². The summed E-state index contributed by atoms with van der Waals surface area (Å²) in [4.78, 5) is 49.1. The van der Waals surface area contributed by atoms with Crippen molar-refractivity contribution in [1.29, 1.82) is 0 Å². The maximum atomic E-state index is 14.1. The second kappa shape index (κ2) is 15.5. The standard InChI is InChI=1S/C39H45FN8O4/c1-25-33(22-31(49)19-29-24-47(16-17-51-4)52-37(29)27-10-13-41-35(40)21-27)48(30-8-6-5-7-9-30)44-36(25)28-20-32-38(42-23-28)46(3)39(43-32)34(50)18-26-11-14-45(2)15-12-26/h5-10,13,20-21,23,26,29,37H,11-12,14-19,22,24H2,1-4H3/t29-,37+/m1/s1. The van der Waals surface area contributed by atoms with Gasteiger partial charge in [-0.3, -0.25) is 14.4 Å². The van der Waals surface area contributed by atoms with Crippen LogP contribution in [0.5, 0.6) is 0 Å². The topological polar surface area (TPSA) is 120 Å². The molecule has 2 atom stereocenters. The van der Waals surface area contributed by atoms with Gasteiger partial charge in [-0.1, -0.05) is 18.2 Å². The van der Waals surface area contributed by atoms with E-state index in [1.165, 1.54) is 12.3 Å². The number of benzene rings is 1. The number of hydrogen-bond acceptors (Lipinski definition) is 10. The number of rotatable bonds is 13. The molecule has 4 aromatic heterocycles. The Morgan fingerprint density at radius 3 is 2.58 bits per heavy atom. The number of hydroxylamine groups is 2. The molecule has 0 bridgehead atoms. The highest BCUT2D eigenvalue weighted by molar-refractivity contribution is 5.96. The molecule has 0 spiro atoms. The molecule has 12 nitrogen and oxygen atoms in total. The van der Waals surface area contributed by atoms with Crippen molar-refractivity contribution in [2.45, 2.75) is 45.1 Å². The number of imidazole rings is 1. The number of halogens is 1. The summed E-state index contributed by atoms with van der Waals surface area (Å²) in [6, 6.07) is 14.7. The van der Waals surface area contributed by atoms with Gasteiger partial charge in [0, 0.05) is 70.4 Å². The fourth-order valence-corrected chi connectivity index (χ4v) is 7.50. The predicted octanol–water partition coefficient (Wildman–Crippen LogP) is 5.33. The van der Waals surface area contributed by atoms with Crippen molar-refractivity contribution in [1.82, 2.24) is 39.3 Å². The number of Topliss-reactive ketones (excluding diaryl/α,β-unsaturated/α-hetero) is 2. The number of ketones is 2. The minimum atomic E-state index is -0.592. The number of pyridine rings is 2. The van der Waals surface area contributed by atoms with Crippen molar-refractivity contribution in [3.8, 4) is 16.9 Å². The summed E-state index contributed by atoms with van der Waals surface area (Å²) in [6.45, 7) is 5.47. The van der Waals surface area contributed by atoms with Gasteiger partial charge < -0.3 is 14.2 Å². The summed E-state index contributed by atoms with van der Waals surface area (Å²) in [5.74, 6) is 0.0302. The molecular weight excluding hydrogens is 663 g/mol. The molecule has 0 saturated carbocycles. The van der Waals surface area contributed by atoms with Gasteiger partial charge >= 0.3 is 0 Å². The van der Waals surface area contributed by atoms with Gasteiger partial charge in [0.05, 0.1) is 23.7 Å². The maximum absolute atomic E-state index is 14.1. The quantitative estimate of drug-likeness (QED) is 0.117. The first kappa shape index (κ1) is 35.7. The molecule has 0 N–H and O–H groups in total. The Morgan fingerprint density at radius 2 is 1.83 bits per heavy atom. The molecule has 0 amide bonds. The third kappa shape index (κ3) is 7.58. The minimum Gasteiger partial charge on any atom is -0.383 e. The van der Waals surface area contributed by atoms with E-state index >= 15 is 0 Å². The molecule has 0 radical (unpaired) electrons. The second-order valence-corrected chi connectivity index (χ2v) is 14.1. The molecule has 1 aromatic carbocycles. The van der Waals surface area contributed by atoms with E-state index in [0.29, 0.717) is 60.3 Å². The number of methoxy groups -OCH3 is 1. The van der Waals surface area contributed by atoms with Crippen molar-refractivity contribution in [3.63, 3.8) is 0 Å². The van der Waals surface area contributed by atoms with Crippen molar-refractivity contribution in [2.75, 3.05) is 46.9 Å². The average Bonchev–Trinajstić information content (AvgIpc) is 3.81. The van der Waals surface area contributed by atoms with Crippen LogP contribution in [0.3, 0.4) is 0 Å². The number of nitrogens with zero attached hydrogens (tertiary/aromatic N) is 8. The molecule has 13 heteroatoms. The lowest BCUT2D eigenvalue weighted by Crippen LogP contribution is -2.31. The first-order valence-electron chi connectivity index (χ1n) is 17.9. The summed E-state index contributed by atoms with van der Waals surface area (Å²) >= 11 is 0. The highest BCUT2D eigenvalue weighted by Crippen LogP contribution is 2.37. The highest BCUT2D eigenvalue weighted by Gasteiger charge is 2.37. The normalized spacial score (nSPS) is 18.8. The van der Waals surface area contributed by atoms with Crippen molar-refractivity contribution in [2.24, 2.45) is 18.9 Å².